The Kier molecular flexibility index (Phi) is 7.52. The van der Waals surface area contributed by atoms with Gasteiger partial charge < -0.3 is 10.6 Å². The van der Waals surface area contributed by atoms with E-state index in [0.29, 0.717) is 16.5 Å². The number of anilines is 2. The maximum atomic E-state index is 12.1. The quantitative estimate of drug-likeness (QED) is 0.225. The second kappa shape index (κ2) is 10.3. The summed E-state index contributed by atoms with van der Waals surface area (Å²) in [4.78, 5) is 22.9. The standard InChI is InChI=1S/C15H11Cl2NO.C8H11N3O/c16-9-5-6-10(12(17)7-9)14-8-15(19)11-3-1-2-4-13(11)18-14;1-6-2-4-7(5-3-6)10-8(12)11-9/h1-7,14,18H,8H2;2-5H,9H2,1H3,(H2,10,11,12). The minimum atomic E-state index is -0.418. The number of urea groups is 1. The van der Waals surface area contributed by atoms with E-state index in [9.17, 15) is 9.59 Å². The van der Waals surface area contributed by atoms with Crippen molar-refractivity contribution >= 4 is 46.4 Å². The summed E-state index contributed by atoms with van der Waals surface area (Å²) in [5.41, 5.74) is 6.34. The summed E-state index contributed by atoms with van der Waals surface area (Å²) >= 11 is 12.1. The lowest BCUT2D eigenvalue weighted by Gasteiger charge is -2.27. The highest BCUT2D eigenvalue weighted by molar-refractivity contribution is 6.35. The average molecular weight is 457 g/mol. The van der Waals surface area contributed by atoms with E-state index >= 15 is 0 Å². The van der Waals surface area contributed by atoms with Gasteiger partial charge in [0.25, 0.3) is 0 Å². The molecule has 0 radical (unpaired) electrons. The molecule has 5 N–H and O–H groups in total. The first-order chi connectivity index (χ1) is 14.9. The number of Topliss-reactive ketones (excluding diaryl/α,β-unsaturated/α-hetero) is 1. The summed E-state index contributed by atoms with van der Waals surface area (Å²) in [6.07, 6.45) is 0.401. The number of aryl methyl sites for hydroxylation is 1. The van der Waals surface area contributed by atoms with E-state index in [1.54, 1.807) is 12.1 Å². The first-order valence-corrected chi connectivity index (χ1v) is 10.3. The lowest BCUT2D eigenvalue weighted by Crippen LogP contribution is -2.34. The number of hydrazine groups is 1. The van der Waals surface area contributed by atoms with Crippen molar-refractivity contribution in [2.45, 2.75) is 19.4 Å². The lowest BCUT2D eigenvalue weighted by atomic mass is 9.92. The number of carbonyl (C=O) groups is 2. The molecule has 0 aromatic heterocycles. The molecule has 160 valence electrons. The fraction of sp³-hybridized carbons (Fsp3) is 0.130. The third kappa shape index (κ3) is 5.98. The van der Waals surface area contributed by atoms with Gasteiger partial charge in [-0.3, -0.25) is 10.2 Å². The van der Waals surface area contributed by atoms with Crippen LogP contribution < -0.4 is 21.9 Å². The maximum absolute atomic E-state index is 12.1. The van der Waals surface area contributed by atoms with Gasteiger partial charge in [-0.2, -0.15) is 0 Å². The van der Waals surface area contributed by atoms with Gasteiger partial charge >= 0.3 is 6.03 Å². The van der Waals surface area contributed by atoms with E-state index in [1.807, 2.05) is 66.9 Å². The van der Waals surface area contributed by atoms with E-state index in [2.05, 4.69) is 10.6 Å². The molecule has 6 nitrogen and oxygen atoms in total. The highest BCUT2D eigenvalue weighted by Gasteiger charge is 2.26. The van der Waals surface area contributed by atoms with Crippen LogP contribution in [0.1, 0.15) is 33.9 Å². The highest BCUT2D eigenvalue weighted by Crippen LogP contribution is 2.36. The third-order valence-corrected chi connectivity index (χ3v) is 5.29. The molecule has 0 saturated heterocycles. The zero-order chi connectivity index (χ0) is 22.4. The topological polar surface area (TPSA) is 96.2 Å². The third-order valence-electron chi connectivity index (χ3n) is 4.73. The molecule has 3 aromatic rings. The predicted octanol–water partition coefficient (Wildman–Crippen LogP) is 5.72. The van der Waals surface area contributed by atoms with Gasteiger partial charge in [0.15, 0.2) is 5.78 Å². The molecule has 0 saturated carbocycles. The van der Waals surface area contributed by atoms with Crippen molar-refractivity contribution in [1.82, 2.24) is 5.43 Å². The van der Waals surface area contributed by atoms with Crippen LogP contribution in [0.4, 0.5) is 16.2 Å². The number of halogens is 2. The summed E-state index contributed by atoms with van der Waals surface area (Å²) in [5.74, 6) is 5.02. The fourth-order valence-electron chi connectivity index (χ4n) is 3.16. The van der Waals surface area contributed by atoms with E-state index < -0.39 is 6.03 Å². The van der Waals surface area contributed by atoms with Crippen molar-refractivity contribution in [3.8, 4) is 0 Å². The van der Waals surface area contributed by atoms with Crippen molar-refractivity contribution in [1.29, 1.82) is 0 Å². The van der Waals surface area contributed by atoms with Crippen LogP contribution in [0.15, 0.2) is 66.7 Å². The van der Waals surface area contributed by atoms with Crippen molar-refractivity contribution in [3.05, 3.63) is 93.5 Å². The maximum Gasteiger partial charge on any atom is 0.333 e. The monoisotopic (exact) mass is 456 g/mol. The number of ketones is 1. The number of para-hydroxylation sites is 1. The Bertz CT molecular complexity index is 1090. The van der Waals surface area contributed by atoms with E-state index in [4.69, 9.17) is 29.0 Å². The molecule has 0 spiro atoms. The molecule has 0 fully saturated rings. The van der Waals surface area contributed by atoms with Gasteiger partial charge in [0.1, 0.15) is 0 Å². The molecule has 1 aliphatic rings. The van der Waals surface area contributed by atoms with Crippen LogP contribution >= 0.6 is 23.2 Å². The summed E-state index contributed by atoms with van der Waals surface area (Å²) in [5, 5.41) is 7.07. The molecule has 31 heavy (non-hydrogen) atoms. The van der Waals surface area contributed by atoms with Crippen LogP contribution in [-0.2, 0) is 0 Å². The summed E-state index contributed by atoms with van der Waals surface area (Å²) in [7, 11) is 0. The van der Waals surface area contributed by atoms with E-state index in [1.165, 1.54) is 0 Å². The van der Waals surface area contributed by atoms with Crippen LogP contribution in [0.25, 0.3) is 0 Å². The Morgan fingerprint density at radius 1 is 1.06 bits per heavy atom. The fourth-order valence-corrected chi connectivity index (χ4v) is 3.70. The zero-order valence-corrected chi connectivity index (χ0v) is 18.3. The molecule has 3 aromatic carbocycles. The van der Waals surface area contributed by atoms with Crippen LogP contribution in [-0.4, -0.2) is 11.8 Å². The van der Waals surface area contributed by atoms with E-state index in [0.717, 1.165) is 28.1 Å². The second-order valence-electron chi connectivity index (χ2n) is 7.00. The highest BCUT2D eigenvalue weighted by atomic mass is 35.5. The molecule has 8 heteroatoms. The van der Waals surface area contributed by atoms with Crippen LogP contribution in [0.2, 0.25) is 10.0 Å². The molecule has 1 heterocycles. The van der Waals surface area contributed by atoms with Crippen molar-refractivity contribution in [2.75, 3.05) is 10.6 Å². The molecular formula is C23H22Cl2N4O2. The average Bonchev–Trinajstić information content (AvgIpc) is 2.76. The first kappa shape index (κ1) is 22.6. The van der Waals surface area contributed by atoms with Crippen molar-refractivity contribution in [2.24, 2.45) is 5.84 Å². The summed E-state index contributed by atoms with van der Waals surface area (Å²) < 4.78 is 0. The van der Waals surface area contributed by atoms with Gasteiger partial charge in [-0.25, -0.2) is 10.6 Å². The molecule has 0 bridgehead atoms. The molecule has 1 atom stereocenters. The Hall–Kier alpha value is -3.06. The number of nitrogens with one attached hydrogen (secondary N) is 3. The Labute approximate surface area is 190 Å². The summed E-state index contributed by atoms with van der Waals surface area (Å²) in [6, 6.07) is 19.8. The lowest BCUT2D eigenvalue weighted by molar-refractivity contribution is 0.0972. The van der Waals surface area contributed by atoms with Gasteiger partial charge in [0.05, 0.1) is 6.04 Å². The normalized spacial score (nSPS) is 14.5. The van der Waals surface area contributed by atoms with Crippen molar-refractivity contribution < 1.29 is 9.59 Å². The minimum absolute atomic E-state index is 0.104. The van der Waals surface area contributed by atoms with Gasteiger partial charge in [-0.15, -0.1) is 0 Å². The number of hydrogen-bond acceptors (Lipinski definition) is 4. The first-order valence-electron chi connectivity index (χ1n) is 9.55. The molecule has 1 aliphatic heterocycles. The largest absolute Gasteiger partial charge is 0.377 e. The number of rotatable bonds is 2. The van der Waals surface area contributed by atoms with Crippen LogP contribution in [0.3, 0.4) is 0 Å². The SMILES string of the molecule is Cc1ccc(NC(=O)NN)cc1.O=C1CC(c2ccc(Cl)cc2Cl)Nc2ccccc21. The zero-order valence-electron chi connectivity index (χ0n) is 16.8. The second-order valence-corrected chi connectivity index (χ2v) is 7.84. The predicted molar refractivity (Wildman–Crippen MR) is 126 cm³/mol. The van der Waals surface area contributed by atoms with Gasteiger partial charge in [-0.1, -0.05) is 59.1 Å². The van der Waals surface area contributed by atoms with Gasteiger partial charge in [0, 0.05) is 33.4 Å². The minimum Gasteiger partial charge on any atom is -0.377 e. The van der Waals surface area contributed by atoms with Crippen LogP contribution in [0, 0.1) is 6.92 Å². The smallest absolute Gasteiger partial charge is 0.333 e. The number of benzene rings is 3. The van der Waals surface area contributed by atoms with Gasteiger partial charge in [-0.05, 0) is 48.9 Å². The van der Waals surface area contributed by atoms with Gasteiger partial charge in [0.2, 0.25) is 0 Å². The number of amides is 2. The molecule has 4 rings (SSSR count). The Morgan fingerprint density at radius 2 is 1.77 bits per heavy atom. The Morgan fingerprint density at radius 3 is 2.45 bits per heavy atom. The van der Waals surface area contributed by atoms with E-state index in [-0.39, 0.29) is 11.8 Å². The molecule has 2 amide bonds. The molecule has 0 aliphatic carbocycles. The van der Waals surface area contributed by atoms with Crippen molar-refractivity contribution in [3.63, 3.8) is 0 Å². The Balaban J connectivity index is 0.000000196. The number of carbonyl (C=O) groups excluding carboxylic acids is 2. The van der Waals surface area contributed by atoms with Crippen LogP contribution in [0.5, 0.6) is 0 Å². The number of hydrogen-bond donors (Lipinski definition) is 4. The number of fused-ring (bicyclic) bond motifs is 1. The molecule has 1 unspecified atom stereocenters. The molecular weight excluding hydrogens is 435 g/mol. The summed E-state index contributed by atoms with van der Waals surface area (Å²) in [6.45, 7) is 1.98. The number of nitrogens with two attached hydrogens (primary N) is 1.